The molecule has 0 saturated carbocycles. The van der Waals surface area contributed by atoms with E-state index in [1.54, 1.807) is 76.2 Å². The number of nitrogens with one attached hydrogen (secondary N) is 2. The molecule has 16 nitrogen and oxygen atoms in total. The van der Waals surface area contributed by atoms with E-state index in [9.17, 15) is 18.0 Å². The summed E-state index contributed by atoms with van der Waals surface area (Å²) in [4.78, 5) is 34.9. The van der Waals surface area contributed by atoms with E-state index in [0.29, 0.717) is 76.7 Å². The number of fused-ring (bicyclic) bond motifs is 6. The summed E-state index contributed by atoms with van der Waals surface area (Å²) in [5, 5.41) is 33.6. The van der Waals surface area contributed by atoms with Gasteiger partial charge in [0.25, 0.3) is 0 Å². The van der Waals surface area contributed by atoms with Crippen molar-refractivity contribution in [1.82, 2.24) is 9.97 Å². The molecule has 0 atom stereocenters. The van der Waals surface area contributed by atoms with Crippen LogP contribution < -0.4 is 22.1 Å². The number of rotatable bonds is 12. The van der Waals surface area contributed by atoms with Crippen molar-refractivity contribution in [2.24, 2.45) is 30.7 Å². The Morgan fingerprint density at radius 3 is 1.35 bits per heavy atom. The zero-order chi connectivity index (χ0) is 47.8. The average Bonchev–Trinajstić information content (AvgIpc) is 3.92. The Bertz CT molecular complexity index is 3770. The molecular weight excluding hydrogens is 933 g/mol. The molecule has 4 heterocycles. The quantitative estimate of drug-likeness (QED) is 0.0388. The number of nitrogens with zero attached hydrogens (tertiary/aromatic N) is 8. The maximum atomic E-state index is 13.6. The van der Waals surface area contributed by atoms with Crippen molar-refractivity contribution < 1.29 is 17.3 Å². The van der Waals surface area contributed by atoms with Crippen LogP contribution in [0, 0.1) is 13.8 Å². The van der Waals surface area contributed by atoms with Gasteiger partial charge >= 0.3 is 11.3 Å². The van der Waals surface area contributed by atoms with Crippen LogP contribution in [0.4, 0.5) is 31.6 Å². The summed E-state index contributed by atoms with van der Waals surface area (Å²) in [7, 11) is -3.88. The van der Waals surface area contributed by atoms with Crippen LogP contribution in [0.2, 0.25) is 0 Å². The van der Waals surface area contributed by atoms with E-state index >= 15 is 0 Å². The number of sulfone groups is 1. The lowest BCUT2D eigenvalue weighted by molar-refractivity contribution is 0.559. The van der Waals surface area contributed by atoms with E-state index in [-0.39, 0.29) is 9.79 Å². The van der Waals surface area contributed by atoms with Gasteiger partial charge in [-0.05, 0) is 122 Å². The third-order valence-electron chi connectivity index (χ3n) is 11.1. The molecule has 10 aromatic rings. The largest absolute Gasteiger partial charge is 0.422 e. The average molecular weight is 969 g/mol. The first kappa shape index (κ1) is 44.4. The molecule has 19 heteroatoms. The molecule has 0 fully saturated rings. The highest BCUT2D eigenvalue weighted by molar-refractivity contribution is 7.91. The Morgan fingerprint density at radius 2 is 0.928 bits per heavy atom. The van der Waals surface area contributed by atoms with Gasteiger partial charge in [-0.1, -0.05) is 83.3 Å². The van der Waals surface area contributed by atoms with E-state index < -0.39 is 21.1 Å². The number of azo groups is 2. The minimum Gasteiger partial charge on any atom is -0.422 e. The summed E-state index contributed by atoms with van der Waals surface area (Å²) < 4.78 is 38.4. The minimum absolute atomic E-state index is 0.0753. The van der Waals surface area contributed by atoms with Crippen molar-refractivity contribution in [2.45, 2.75) is 37.5 Å². The Labute approximate surface area is 400 Å². The maximum absolute atomic E-state index is 13.6. The number of thiazole rings is 2. The van der Waals surface area contributed by atoms with Crippen molar-refractivity contribution >= 4 is 119 Å². The number of benzene rings is 6. The zero-order valence-electron chi connectivity index (χ0n) is 37.0. The Kier molecular flexibility index (Phi) is 11.8. The lowest BCUT2D eigenvalue weighted by Crippen LogP contribution is -2.13. The molecule has 6 aromatic carbocycles. The number of aryl methyl sites for hydroxylation is 2. The predicted octanol–water partition coefficient (Wildman–Crippen LogP) is 13.1. The van der Waals surface area contributed by atoms with Crippen LogP contribution in [0.3, 0.4) is 0 Å². The van der Waals surface area contributed by atoms with Crippen LogP contribution in [0.25, 0.3) is 43.5 Å². The van der Waals surface area contributed by atoms with Gasteiger partial charge in [-0.3, -0.25) is 10.9 Å². The SMILES string of the molecule is C/C(=N\Nc1nc(C)c(N=Nc2ccc(S(=O)(=O)c3ccc(N=Nc4sc(N/N=C(\C)c5cc6c(ccc7ccccc76)oc5=O)nc4C)cc3)cc2)s1)c1cc2c(ccc3ccccc32)oc1=O. The van der Waals surface area contributed by atoms with Gasteiger partial charge in [-0.2, -0.15) is 10.2 Å². The lowest BCUT2D eigenvalue weighted by atomic mass is 10.0. The number of hydrazone groups is 2. The summed E-state index contributed by atoms with van der Waals surface area (Å²) in [5.41, 5.74) is 9.35. The topological polar surface area (TPSA) is 219 Å². The molecular formula is C50H36N10O6S3. The van der Waals surface area contributed by atoms with Crippen molar-refractivity contribution in [3.63, 3.8) is 0 Å². The smallest absolute Gasteiger partial charge is 0.345 e. The van der Waals surface area contributed by atoms with Crippen LogP contribution >= 0.6 is 22.7 Å². The second-order valence-corrected chi connectivity index (χ2v) is 19.5. The Morgan fingerprint density at radius 1 is 0.522 bits per heavy atom. The molecule has 0 aliphatic heterocycles. The van der Waals surface area contributed by atoms with E-state index in [1.165, 1.54) is 46.9 Å². The van der Waals surface area contributed by atoms with Gasteiger partial charge in [0.15, 0.2) is 10.0 Å². The first-order chi connectivity index (χ1) is 33.4. The van der Waals surface area contributed by atoms with E-state index in [0.717, 1.165) is 32.3 Å². The normalized spacial score (nSPS) is 12.6. The molecule has 0 amide bonds. The molecule has 0 spiro atoms. The molecule has 4 aromatic heterocycles. The summed E-state index contributed by atoms with van der Waals surface area (Å²) in [6.07, 6.45) is 0. The molecule has 10 rings (SSSR count). The first-order valence-corrected chi connectivity index (χ1v) is 24.3. The summed E-state index contributed by atoms with van der Waals surface area (Å²) >= 11 is 2.43. The van der Waals surface area contributed by atoms with Crippen molar-refractivity contribution in [2.75, 3.05) is 10.9 Å². The summed E-state index contributed by atoms with van der Waals surface area (Å²) in [5.74, 6) is 0. The standard InChI is InChI=1S/C50H36N10O6S3/c1-27(39-25-41-37-11-7-5-9-31(37)13-23-43(41)65-47(39)61)53-59-49-51-29(3)45(67-49)57-55-33-15-19-35(20-16-33)69(63,64)36-21-17-34(18-22-36)56-58-46-30(4)52-50(68-46)60-54-28(2)40-26-42-38-12-8-6-10-32(38)14-24-44(42)66-48(40)62/h5-26H,1-4H3,(H,51,59)(H,52,60)/b53-27+,54-28+,57-55?,58-56?. The fraction of sp³-hybridized carbons (Fsp3) is 0.0800. The van der Waals surface area contributed by atoms with Crippen LogP contribution in [0.15, 0.2) is 192 Å². The maximum Gasteiger partial charge on any atom is 0.345 e. The van der Waals surface area contributed by atoms with Gasteiger partial charge in [-0.25, -0.2) is 28.0 Å². The lowest BCUT2D eigenvalue weighted by Gasteiger charge is -2.05. The molecule has 0 saturated heterocycles. The Balaban J connectivity index is 0.766. The monoisotopic (exact) mass is 968 g/mol. The van der Waals surface area contributed by atoms with E-state index in [2.05, 4.69) is 51.5 Å². The van der Waals surface area contributed by atoms with Crippen LogP contribution in [-0.4, -0.2) is 29.8 Å². The highest BCUT2D eigenvalue weighted by atomic mass is 32.2. The van der Waals surface area contributed by atoms with Gasteiger partial charge in [0.2, 0.25) is 20.1 Å². The highest BCUT2D eigenvalue weighted by Gasteiger charge is 2.19. The summed E-state index contributed by atoms with van der Waals surface area (Å²) in [6, 6.07) is 38.9. The molecule has 0 unspecified atom stereocenters. The van der Waals surface area contributed by atoms with Crippen LogP contribution in [0.1, 0.15) is 36.4 Å². The van der Waals surface area contributed by atoms with Gasteiger partial charge in [0.1, 0.15) is 11.2 Å². The molecule has 0 aliphatic rings. The molecule has 340 valence electrons. The summed E-state index contributed by atoms with van der Waals surface area (Å²) in [6.45, 7) is 6.98. The number of aromatic nitrogens is 2. The third-order valence-corrected chi connectivity index (χ3v) is 14.7. The molecule has 0 bridgehead atoms. The Hall–Kier alpha value is -8.39. The van der Waals surface area contributed by atoms with Gasteiger partial charge < -0.3 is 8.83 Å². The molecule has 0 radical (unpaired) electrons. The van der Waals surface area contributed by atoms with Crippen molar-refractivity contribution in [3.05, 3.63) is 177 Å². The number of hydrogen-bond acceptors (Lipinski definition) is 18. The van der Waals surface area contributed by atoms with Gasteiger partial charge in [0.05, 0.1) is 55.1 Å². The first-order valence-electron chi connectivity index (χ1n) is 21.1. The number of anilines is 2. The van der Waals surface area contributed by atoms with Gasteiger partial charge in [-0.15, -0.1) is 20.5 Å². The minimum atomic E-state index is -3.88. The second-order valence-electron chi connectivity index (χ2n) is 15.6. The zero-order valence-corrected chi connectivity index (χ0v) is 39.4. The molecule has 69 heavy (non-hydrogen) atoms. The highest BCUT2D eigenvalue weighted by Crippen LogP contribution is 2.35. The molecule has 2 N–H and O–H groups in total. The van der Waals surface area contributed by atoms with Crippen molar-refractivity contribution in [3.8, 4) is 0 Å². The van der Waals surface area contributed by atoms with E-state index in [4.69, 9.17) is 8.83 Å². The fourth-order valence-corrected chi connectivity index (χ4v) is 10.1. The van der Waals surface area contributed by atoms with Crippen LogP contribution in [0.5, 0.6) is 0 Å². The van der Waals surface area contributed by atoms with Crippen LogP contribution in [-0.2, 0) is 9.84 Å². The molecule has 0 aliphatic carbocycles. The van der Waals surface area contributed by atoms with Crippen molar-refractivity contribution in [1.29, 1.82) is 0 Å². The third kappa shape index (κ3) is 9.08. The number of hydrogen-bond donors (Lipinski definition) is 2. The van der Waals surface area contributed by atoms with E-state index in [1.807, 2.05) is 60.7 Å². The second kappa shape index (κ2) is 18.4. The van der Waals surface area contributed by atoms with Gasteiger partial charge in [0, 0.05) is 10.8 Å². The predicted molar refractivity (Wildman–Crippen MR) is 272 cm³/mol. The fourth-order valence-electron chi connectivity index (χ4n) is 7.42.